The molecule has 0 bridgehead atoms. The zero-order chi connectivity index (χ0) is 9.38. The summed E-state index contributed by atoms with van der Waals surface area (Å²) in [6.07, 6.45) is 2.66. The molecule has 0 unspecified atom stereocenters. The lowest BCUT2D eigenvalue weighted by atomic mass is 10.2. The van der Waals surface area contributed by atoms with E-state index in [2.05, 4.69) is 34.6 Å². The molecule has 0 radical (unpaired) electrons. The van der Waals surface area contributed by atoms with Crippen LogP contribution in [-0.4, -0.2) is 4.98 Å². The first-order chi connectivity index (χ1) is 6.93. The topological polar surface area (TPSA) is 12.9 Å². The van der Waals surface area contributed by atoms with Crippen molar-refractivity contribution in [3.8, 4) is 10.6 Å². The van der Waals surface area contributed by atoms with Crippen molar-refractivity contribution in [1.82, 2.24) is 4.98 Å². The molecule has 1 heterocycles. The molecule has 0 saturated heterocycles. The molecular weight excluding hydrogens is 190 g/mol. The van der Waals surface area contributed by atoms with Gasteiger partial charge in [-0.1, -0.05) is 30.3 Å². The molecule has 1 aliphatic rings. The number of thiazole rings is 1. The largest absolute Gasteiger partial charge is 0.241 e. The summed E-state index contributed by atoms with van der Waals surface area (Å²) >= 11 is 1.76. The highest BCUT2D eigenvalue weighted by atomic mass is 32.1. The Labute approximate surface area is 87.4 Å². The summed E-state index contributed by atoms with van der Waals surface area (Å²) in [6, 6.07) is 10.4. The van der Waals surface area contributed by atoms with Gasteiger partial charge in [0.1, 0.15) is 5.01 Å². The average Bonchev–Trinajstić information content (AvgIpc) is 2.98. The molecule has 0 amide bonds. The van der Waals surface area contributed by atoms with E-state index >= 15 is 0 Å². The smallest absolute Gasteiger partial charge is 0.123 e. The SMILES string of the molecule is c1ccc(-c2nc(C3CC3)cs2)cc1. The summed E-state index contributed by atoms with van der Waals surface area (Å²) in [7, 11) is 0. The first-order valence-electron chi connectivity index (χ1n) is 4.94. The van der Waals surface area contributed by atoms with E-state index in [4.69, 9.17) is 0 Å². The van der Waals surface area contributed by atoms with Crippen molar-refractivity contribution in [3.05, 3.63) is 41.4 Å². The third kappa shape index (κ3) is 1.46. The predicted molar refractivity (Wildman–Crippen MR) is 59.5 cm³/mol. The fourth-order valence-corrected chi connectivity index (χ4v) is 2.47. The van der Waals surface area contributed by atoms with Gasteiger partial charge in [-0.2, -0.15) is 0 Å². The van der Waals surface area contributed by atoms with Crippen molar-refractivity contribution in [2.45, 2.75) is 18.8 Å². The summed E-state index contributed by atoms with van der Waals surface area (Å²) in [6.45, 7) is 0. The van der Waals surface area contributed by atoms with Gasteiger partial charge in [0.2, 0.25) is 0 Å². The van der Waals surface area contributed by atoms with Gasteiger partial charge in [0, 0.05) is 16.9 Å². The fraction of sp³-hybridized carbons (Fsp3) is 0.250. The van der Waals surface area contributed by atoms with Crippen molar-refractivity contribution >= 4 is 11.3 Å². The van der Waals surface area contributed by atoms with Crippen molar-refractivity contribution in [1.29, 1.82) is 0 Å². The van der Waals surface area contributed by atoms with Gasteiger partial charge in [0.05, 0.1) is 5.69 Å². The molecule has 1 aromatic heterocycles. The van der Waals surface area contributed by atoms with Crippen LogP contribution in [-0.2, 0) is 0 Å². The Bertz CT molecular complexity index is 429. The van der Waals surface area contributed by atoms with Crippen LogP contribution in [0.4, 0.5) is 0 Å². The van der Waals surface area contributed by atoms with E-state index in [1.807, 2.05) is 6.07 Å². The summed E-state index contributed by atoms with van der Waals surface area (Å²) in [5.41, 5.74) is 2.54. The molecule has 0 spiro atoms. The Morgan fingerprint density at radius 1 is 1.14 bits per heavy atom. The lowest BCUT2D eigenvalue weighted by Crippen LogP contribution is -1.79. The van der Waals surface area contributed by atoms with Crippen LogP contribution < -0.4 is 0 Å². The van der Waals surface area contributed by atoms with Crippen LogP contribution >= 0.6 is 11.3 Å². The first kappa shape index (κ1) is 8.18. The summed E-state index contributed by atoms with van der Waals surface area (Å²) in [5.74, 6) is 0.767. The second-order valence-corrected chi connectivity index (χ2v) is 4.58. The number of rotatable bonds is 2. The van der Waals surface area contributed by atoms with Gasteiger partial charge in [-0.05, 0) is 12.8 Å². The molecule has 2 heteroatoms. The molecule has 14 heavy (non-hydrogen) atoms. The Hall–Kier alpha value is -1.15. The minimum atomic E-state index is 0.767. The average molecular weight is 201 g/mol. The molecule has 1 saturated carbocycles. The second-order valence-electron chi connectivity index (χ2n) is 3.72. The third-order valence-electron chi connectivity index (χ3n) is 2.54. The Kier molecular flexibility index (Phi) is 1.88. The van der Waals surface area contributed by atoms with Gasteiger partial charge in [-0.25, -0.2) is 4.98 Å². The fourth-order valence-electron chi connectivity index (χ4n) is 1.57. The molecule has 1 nitrogen and oxygen atoms in total. The lowest BCUT2D eigenvalue weighted by molar-refractivity contribution is 1.05. The highest BCUT2D eigenvalue weighted by Gasteiger charge is 2.26. The lowest BCUT2D eigenvalue weighted by Gasteiger charge is -1.93. The van der Waals surface area contributed by atoms with Gasteiger partial charge in [-0.3, -0.25) is 0 Å². The number of nitrogens with zero attached hydrogens (tertiary/aromatic N) is 1. The second kappa shape index (κ2) is 3.21. The van der Waals surface area contributed by atoms with Crippen molar-refractivity contribution in [2.24, 2.45) is 0 Å². The predicted octanol–water partition coefficient (Wildman–Crippen LogP) is 3.69. The van der Waals surface area contributed by atoms with Gasteiger partial charge in [-0.15, -0.1) is 11.3 Å². The van der Waals surface area contributed by atoms with Gasteiger partial charge < -0.3 is 0 Å². The minimum Gasteiger partial charge on any atom is -0.241 e. The molecule has 3 rings (SSSR count). The van der Waals surface area contributed by atoms with Gasteiger partial charge in [0.15, 0.2) is 0 Å². The molecule has 70 valence electrons. The molecule has 1 aliphatic carbocycles. The van der Waals surface area contributed by atoms with Crippen molar-refractivity contribution < 1.29 is 0 Å². The molecule has 0 N–H and O–H groups in total. The van der Waals surface area contributed by atoms with E-state index in [1.165, 1.54) is 24.1 Å². The van der Waals surface area contributed by atoms with Crippen LogP contribution in [0.5, 0.6) is 0 Å². The molecule has 0 aliphatic heterocycles. The van der Waals surface area contributed by atoms with Gasteiger partial charge in [0.25, 0.3) is 0 Å². The maximum atomic E-state index is 4.66. The van der Waals surface area contributed by atoms with Gasteiger partial charge >= 0.3 is 0 Å². The van der Waals surface area contributed by atoms with Crippen molar-refractivity contribution in [2.75, 3.05) is 0 Å². The monoisotopic (exact) mass is 201 g/mol. The maximum Gasteiger partial charge on any atom is 0.123 e. The van der Waals surface area contributed by atoms with Crippen LogP contribution in [0.3, 0.4) is 0 Å². The van der Waals surface area contributed by atoms with E-state index in [0.29, 0.717) is 0 Å². The van der Waals surface area contributed by atoms with Crippen LogP contribution in [0.25, 0.3) is 10.6 Å². The molecule has 2 aromatic rings. The summed E-state index contributed by atoms with van der Waals surface area (Å²) in [5, 5.41) is 3.37. The summed E-state index contributed by atoms with van der Waals surface area (Å²) < 4.78 is 0. The molecule has 1 fully saturated rings. The van der Waals surface area contributed by atoms with E-state index in [-0.39, 0.29) is 0 Å². The zero-order valence-electron chi connectivity index (χ0n) is 7.81. The van der Waals surface area contributed by atoms with E-state index in [9.17, 15) is 0 Å². The number of aromatic nitrogens is 1. The molecular formula is C12H11NS. The zero-order valence-corrected chi connectivity index (χ0v) is 8.63. The molecule has 0 atom stereocenters. The third-order valence-corrected chi connectivity index (χ3v) is 3.45. The van der Waals surface area contributed by atoms with Crippen LogP contribution in [0.15, 0.2) is 35.7 Å². The Morgan fingerprint density at radius 2 is 1.93 bits per heavy atom. The van der Waals surface area contributed by atoms with E-state index < -0.39 is 0 Å². The van der Waals surface area contributed by atoms with E-state index in [0.717, 1.165) is 10.9 Å². The Morgan fingerprint density at radius 3 is 2.64 bits per heavy atom. The quantitative estimate of drug-likeness (QED) is 0.722. The first-order valence-corrected chi connectivity index (χ1v) is 5.82. The summed E-state index contributed by atoms with van der Waals surface area (Å²) in [4.78, 5) is 4.66. The minimum absolute atomic E-state index is 0.767. The normalized spacial score (nSPS) is 15.7. The van der Waals surface area contributed by atoms with Crippen LogP contribution in [0.2, 0.25) is 0 Å². The molecule has 1 aromatic carbocycles. The maximum absolute atomic E-state index is 4.66. The number of hydrogen-bond donors (Lipinski definition) is 0. The highest BCUT2D eigenvalue weighted by Crippen LogP contribution is 2.41. The van der Waals surface area contributed by atoms with E-state index in [1.54, 1.807) is 11.3 Å². The number of benzene rings is 1. The van der Waals surface area contributed by atoms with Crippen LogP contribution in [0, 0.1) is 0 Å². The Balaban J connectivity index is 1.96. The highest BCUT2D eigenvalue weighted by molar-refractivity contribution is 7.13. The standard InChI is InChI=1S/C12H11NS/c1-2-4-10(5-3-1)12-13-11(8-14-12)9-6-7-9/h1-5,8-9H,6-7H2. The number of hydrogen-bond acceptors (Lipinski definition) is 2. The van der Waals surface area contributed by atoms with Crippen molar-refractivity contribution in [3.63, 3.8) is 0 Å². The van der Waals surface area contributed by atoms with Crippen LogP contribution in [0.1, 0.15) is 24.5 Å².